The highest BCUT2D eigenvalue weighted by atomic mass is 35.5. The van der Waals surface area contributed by atoms with Gasteiger partial charge in [-0.15, -0.1) is 0 Å². The van der Waals surface area contributed by atoms with Crippen molar-refractivity contribution >= 4 is 46.7 Å². The average molecular weight is 306 g/mol. The lowest BCUT2D eigenvalue weighted by Crippen LogP contribution is -2.14. The van der Waals surface area contributed by atoms with E-state index in [2.05, 4.69) is 20.3 Å². The lowest BCUT2D eigenvalue weighted by molar-refractivity contribution is 0.102. The summed E-state index contributed by atoms with van der Waals surface area (Å²) < 4.78 is 0. The van der Waals surface area contributed by atoms with E-state index >= 15 is 0 Å². The van der Waals surface area contributed by atoms with Crippen molar-refractivity contribution in [2.24, 2.45) is 0 Å². The molecule has 0 radical (unpaired) electrons. The van der Waals surface area contributed by atoms with Gasteiger partial charge in [0.15, 0.2) is 0 Å². The van der Waals surface area contributed by atoms with E-state index in [0.29, 0.717) is 5.69 Å². The smallest absolute Gasteiger partial charge is 0.274 e. The number of hydrogen-bond acceptors (Lipinski definition) is 3. The Bertz CT molecular complexity index is 571. The van der Waals surface area contributed by atoms with Crippen LogP contribution in [0.5, 0.6) is 0 Å². The van der Waals surface area contributed by atoms with Gasteiger partial charge in [0.25, 0.3) is 5.91 Å². The lowest BCUT2D eigenvalue weighted by Gasteiger charge is -2.03. The molecule has 0 saturated carbocycles. The molecule has 0 aliphatic heterocycles. The van der Waals surface area contributed by atoms with Crippen LogP contribution in [-0.2, 0) is 0 Å². The van der Waals surface area contributed by atoms with E-state index in [-0.39, 0.29) is 27.0 Å². The Morgan fingerprint density at radius 3 is 2.56 bits per heavy atom. The highest BCUT2D eigenvalue weighted by Gasteiger charge is 2.13. The van der Waals surface area contributed by atoms with Crippen LogP contribution in [0.2, 0.25) is 15.3 Å². The molecule has 0 unspecified atom stereocenters. The Kier molecular flexibility index (Phi) is 3.75. The van der Waals surface area contributed by atoms with Gasteiger partial charge in [-0.05, 0) is 19.1 Å². The van der Waals surface area contributed by atoms with Crippen molar-refractivity contribution < 1.29 is 4.79 Å². The van der Waals surface area contributed by atoms with Crippen LogP contribution in [0.15, 0.2) is 12.1 Å². The summed E-state index contributed by atoms with van der Waals surface area (Å²) >= 11 is 17.2. The maximum Gasteiger partial charge on any atom is 0.274 e. The van der Waals surface area contributed by atoms with Crippen molar-refractivity contribution in [2.45, 2.75) is 6.92 Å². The maximum atomic E-state index is 11.8. The molecular weight excluding hydrogens is 298 g/mol. The van der Waals surface area contributed by atoms with Gasteiger partial charge in [0.05, 0.1) is 5.02 Å². The highest BCUT2D eigenvalue weighted by Crippen LogP contribution is 2.22. The van der Waals surface area contributed by atoms with Crippen molar-refractivity contribution in [1.29, 1.82) is 0 Å². The molecule has 18 heavy (non-hydrogen) atoms. The second kappa shape index (κ2) is 5.14. The minimum Gasteiger partial charge on any atom is -0.340 e. The minimum atomic E-state index is -0.453. The second-order valence-electron chi connectivity index (χ2n) is 3.45. The molecule has 0 aromatic carbocycles. The third kappa shape index (κ3) is 2.93. The first-order valence-electron chi connectivity index (χ1n) is 4.82. The molecule has 2 N–H and O–H groups in total. The topological polar surface area (TPSA) is 70.7 Å². The Labute approximate surface area is 117 Å². The molecule has 0 bridgehead atoms. The lowest BCUT2D eigenvalue weighted by atomic mass is 10.4. The summed E-state index contributed by atoms with van der Waals surface area (Å²) in [7, 11) is 0. The van der Waals surface area contributed by atoms with E-state index in [0.717, 1.165) is 0 Å². The average Bonchev–Trinajstić information content (AvgIpc) is 2.57. The largest absolute Gasteiger partial charge is 0.340 e. The minimum absolute atomic E-state index is 0.117. The number of aromatic amines is 1. The molecular formula is C10H7Cl3N4O. The Balaban J connectivity index is 2.21. The fraction of sp³-hybridized carbons (Fsp3) is 0.100. The number of rotatable bonds is 2. The molecule has 0 fully saturated rings. The predicted molar refractivity (Wildman–Crippen MR) is 70.5 cm³/mol. The van der Waals surface area contributed by atoms with Gasteiger partial charge in [-0.25, -0.2) is 9.97 Å². The SMILES string of the molecule is Cc1cc(Cl)nc(NC(=O)c2cc(Cl)c(Cl)[nH]2)n1. The van der Waals surface area contributed by atoms with Crippen LogP contribution in [0.25, 0.3) is 0 Å². The van der Waals surface area contributed by atoms with Gasteiger partial charge in [0.2, 0.25) is 5.95 Å². The summed E-state index contributed by atoms with van der Waals surface area (Å²) in [5.74, 6) is -0.336. The van der Waals surface area contributed by atoms with Gasteiger partial charge in [0, 0.05) is 5.69 Å². The van der Waals surface area contributed by atoms with E-state index in [9.17, 15) is 4.79 Å². The van der Waals surface area contributed by atoms with Gasteiger partial charge >= 0.3 is 0 Å². The number of carbonyl (C=O) groups is 1. The van der Waals surface area contributed by atoms with Crippen molar-refractivity contribution in [3.63, 3.8) is 0 Å². The Hall–Kier alpha value is -1.30. The van der Waals surface area contributed by atoms with Crippen LogP contribution in [0.4, 0.5) is 5.95 Å². The molecule has 8 heteroatoms. The summed E-state index contributed by atoms with van der Waals surface area (Å²) in [6.07, 6.45) is 0. The molecule has 2 aromatic heterocycles. The van der Waals surface area contributed by atoms with E-state index in [1.165, 1.54) is 6.07 Å². The third-order valence-corrected chi connectivity index (χ3v) is 2.90. The van der Waals surface area contributed by atoms with Crippen molar-refractivity contribution in [1.82, 2.24) is 15.0 Å². The number of nitrogens with zero attached hydrogens (tertiary/aromatic N) is 2. The zero-order valence-corrected chi connectivity index (χ0v) is 11.4. The monoisotopic (exact) mass is 304 g/mol. The molecule has 1 amide bonds. The number of anilines is 1. The number of hydrogen-bond donors (Lipinski definition) is 2. The molecule has 2 aromatic rings. The van der Waals surface area contributed by atoms with Crippen LogP contribution in [-0.4, -0.2) is 20.9 Å². The van der Waals surface area contributed by atoms with Gasteiger partial charge in [-0.2, -0.15) is 0 Å². The summed E-state index contributed by atoms with van der Waals surface area (Å²) in [6, 6.07) is 3.00. The van der Waals surface area contributed by atoms with Crippen LogP contribution >= 0.6 is 34.8 Å². The summed E-state index contributed by atoms with van der Waals surface area (Å²) in [5, 5.41) is 3.20. The maximum absolute atomic E-state index is 11.8. The molecule has 0 spiro atoms. The van der Waals surface area contributed by atoms with E-state index in [4.69, 9.17) is 34.8 Å². The van der Waals surface area contributed by atoms with E-state index < -0.39 is 5.91 Å². The normalized spacial score (nSPS) is 10.4. The fourth-order valence-corrected chi connectivity index (χ4v) is 1.83. The van der Waals surface area contributed by atoms with Crippen LogP contribution < -0.4 is 5.32 Å². The molecule has 0 aliphatic rings. The standard InChI is InChI=1S/C10H7Cl3N4O/c1-4-2-7(12)16-10(14-4)17-9(18)6-3-5(11)8(13)15-6/h2-3,15H,1H3,(H,14,16,17,18). The van der Waals surface area contributed by atoms with Gasteiger partial charge in [-0.3, -0.25) is 10.1 Å². The number of aromatic nitrogens is 3. The van der Waals surface area contributed by atoms with E-state index in [1.807, 2.05) is 0 Å². The summed E-state index contributed by atoms with van der Waals surface area (Å²) in [5.41, 5.74) is 0.860. The number of halogens is 3. The van der Waals surface area contributed by atoms with Crippen LogP contribution in [0, 0.1) is 6.92 Å². The van der Waals surface area contributed by atoms with Gasteiger partial charge in [0.1, 0.15) is 16.0 Å². The van der Waals surface area contributed by atoms with Crippen LogP contribution in [0.1, 0.15) is 16.2 Å². The number of H-pyrrole nitrogens is 1. The molecule has 2 heterocycles. The fourth-order valence-electron chi connectivity index (χ4n) is 1.28. The zero-order chi connectivity index (χ0) is 13.3. The third-order valence-electron chi connectivity index (χ3n) is 2.02. The molecule has 0 atom stereocenters. The Morgan fingerprint density at radius 2 is 2.00 bits per heavy atom. The molecule has 2 rings (SSSR count). The highest BCUT2D eigenvalue weighted by molar-refractivity contribution is 6.41. The molecule has 0 saturated heterocycles. The first-order chi connectivity index (χ1) is 8.45. The number of nitrogens with one attached hydrogen (secondary N) is 2. The van der Waals surface area contributed by atoms with Crippen molar-refractivity contribution in [3.05, 3.63) is 38.8 Å². The van der Waals surface area contributed by atoms with Crippen molar-refractivity contribution in [3.8, 4) is 0 Å². The first-order valence-corrected chi connectivity index (χ1v) is 5.95. The number of amides is 1. The zero-order valence-electron chi connectivity index (χ0n) is 9.09. The summed E-state index contributed by atoms with van der Waals surface area (Å²) in [6.45, 7) is 1.74. The second-order valence-corrected chi connectivity index (χ2v) is 4.63. The molecule has 94 valence electrons. The van der Waals surface area contributed by atoms with Crippen molar-refractivity contribution in [2.75, 3.05) is 5.32 Å². The van der Waals surface area contributed by atoms with Gasteiger partial charge < -0.3 is 4.98 Å². The summed E-state index contributed by atoms with van der Waals surface area (Å²) in [4.78, 5) is 22.3. The number of aryl methyl sites for hydroxylation is 1. The quantitative estimate of drug-likeness (QED) is 0.836. The van der Waals surface area contributed by atoms with Crippen LogP contribution in [0.3, 0.4) is 0 Å². The predicted octanol–water partition coefficient (Wildman–Crippen LogP) is 3.33. The first kappa shape index (κ1) is 13.1. The molecule has 0 aliphatic carbocycles. The Morgan fingerprint density at radius 1 is 1.28 bits per heavy atom. The van der Waals surface area contributed by atoms with E-state index in [1.54, 1.807) is 13.0 Å². The number of carbonyl (C=O) groups excluding carboxylic acids is 1. The molecule has 5 nitrogen and oxygen atoms in total. The van der Waals surface area contributed by atoms with Gasteiger partial charge in [-0.1, -0.05) is 34.8 Å².